The number of pyridine rings is 1. The standard InChI is InChI=1S/C23H23FN2O/c24-23-7-6-17-13-25-9-8-21(17)22(23)14-26-18-11-20(12-18)27-19-3-1-2-16(10-19)15-4-5-15/h1-3,6-10,13,15,18,20,26H,4-5,11-12,14H2. The van der Waals surface area contributed by atoms with Crippen LogP contribution in [0.5, 0.6) is 5.75 Å². The normalized spacial score (nSPS) is 21.8. The van der Waals surface area contributed by atoms with E-state index in [1.807, 2.05) is 12.1 Å². The number of fused-ring (bicyclic) bond motifs is 1. The Morgan fingerprint density at radius 2 is 2.00 bits per heavy atom. The number of rotatable bonds is 6. The van der Waals surface area contributed by atoms with Crippen LogP contribution in [0.3, 0.4) is 0 Å². The lowest BCUT2D eigenvalue weighted by Gasteiger charge is -2.36. The second-order valence-corrected chi connectivity index (χ2v) is 7.76. The topological polar surface area (TPSA) is 34.2 Å². The van der Waals surface area contributed by atoms with Gasteiger partial charge in [-0.2, -0.15) is 0 Å². The van der Waals surface area contributed by atoms with E-state index < -0.39 is 0 Å². The summed E-state index contributed by atoms with van der Waals surface area (Å²) in [5.74, 6) is 1.57. The lowest BCUT2D eigenvalue weighted by molar-refractivity contribution is 0.0842. The van der Waals surface area contributed by atoms with Crippen LogP contribution in [-0.4, -0.2) is 17.1 Å². The van der Waals surface area contributed by atoms with E-state index in [2.05, 4.69) is 28.5 Å². The molecular weight excluding hydrogens is 339 g/mol. The van der Waals surface area contributed by atoms with Gasteiger partial charge in [-0.05, 0) is 72.9 Å². The van der Waals surface area contributed by atoms with Gasteiger partial charge in [-0.15, -0.1) is 0 Å². The van der Waals surface area contributed by atoms with Crippen molar-refractivity contribution in [2.75, 3.05) is 0 Å². The Balaban J connectivity index is 1.17. The molecule has 2 fully saturated rings. The summed E-state index contributed by atoms with van der Waals surface area (Å²) in [5.41, 5.74) is 2.12. The van der Waals surface area contributed by atoms with Crippen LogP contribution in [0.1, 0.15) is 42.7 Å². The maximum Gasteiger partial charge on any atom is 0.128 e. The molecule has 2 saturated carbocycles. The van der Waals surface area contributed by atoms with Crippen LogP contribution in [0.2, 0.25) is 0 Å². The third kappa shape index (κ3) is 3.54. The van der Waals surface area contributed by atoms with E-state index >= 15 is 0 Å². The van der Waals surface area contributed by atoms with Gasteiger partial charge in [0.2, 0.25) is 0 Å². The molecule has 2 aliphatic rings. The summed E-state index contributed by atoms with van der Waals surface area (Å²) in [6.07, 6.45) is 8.27. The fraction of sp³-hybridized carbons (Fsp3) is 0.348. The largest absolute Gasteiger partial charge is 0.490 e. The Hall–Kier alpha value is -2.46. The third-order valence-electron chi connectivity index (χ3n) is 5.75. The van der Waals surface area contributed by atoms with Crippen molar-refractivity contribution in [1.29, 1.82) is 0 Å². The Bertz CT molecular complexity index is 964. The predicted molar refractivity (Wildman–Crippen MR) is 104 cm³/mol. The van der Waals surface area contributed by atoms with E-state index in [0.717, 1.165) is 40.8 Å². The number of hydrogen-bond acceptors (Lipinski definition) is 3. The minimum absolute atomic E-state index is 0.162. The van der Waals surface area contributed by atoms with Gasteiger partial charge >= 0.3 is 0 Å². The van der Waals surface area contributed by atoms with Crippen LogP contribution in [0.25, 0.3) is 10.8 Å². The second-order valence-electron chi connectivity index (χ2n) is 7.76. The molecule has 0 amide bonds. The second kappa shape index (κ2) is 6.93. The van der Waals surface area contributed by atoms with Gasteiger partial charge in [-0.1, -0.05) is 12.1 Å². The number of aromatic nitrogens is 1. The smallest absolute Gasteiger partial charge is 0.128 e. The van der Waals surface area contributed by atoms with Crippen molar-refractivity contribution >= 4 is 10.8 Å². The Morgan fingerprint density at radius 3 is 2.85 bits per heavy atom. The molecular formula is C23H23FN2O. The highest BCUT2D eigenvalue weighted by Gasteiger charge is 2.31. The Labute approximate surface area is 158 Å². The molecule has 0 radical (unpaired) electrons. The van der Waals surface area contributed by atoms with Gasteiger partial charge in [0.25, 0.3) is 0 Å². The van der Waals surface area contributed by atoms with Crippen LogP contribution in [0.4, 0.5) is 4.39 Å². The first-order valence-electron chi connectivity index (χ1n) is 9.77. The quantitative estimate of drug-likeness (QED) is 0.674. The third-order valence-corrected chi connectivity index (χ3v) is 5.75. The number of nitrogens with zero attached hydrogens (tertiary/aromatic N) is 1. The summed E-state index contributed by atoms with van der Waals surface area (Å²) in [6, 6.07) is 14.1. The molecule has 1 aromatic heterocycles. The zero-order valence-electron chi connectivity index (χ0n) is 15.2. The van der Waals surface area contributed by atoms with Gasteiger partial charge in [0, 0.05) is 35.9 Å². The van der Waals surface area contributed by atoms with E-state index in [-0.39, 0.29) is 11.9 Å². The molecule has 0 unspecified atom stereocenters. The SMILES string of the molecule is Fc1ccc2cnccc2c1CNC1CC(Oc2cccc(C3CC3)c2)C1. The first-order valence-corrected chi connectivity index (χ1v) is 9.77. The van der Waals surface area contributed by atoms with E-state index in [0.29, 0.717) is 12.6 Å². The van der Waals surface area contributed by atoms with Crippen molar-refractivity contribution in [2.45, 2.75) is 50.3 Å². The summed E-state index contributed by atoms with van der Waals surface area (Å²) in [7, 11) is 0. The molecule has 138 valence electrons. The highest BCUT2D eigenvalue weighted by atomic mass is 19.1. The molecule has 27 heavy (non-hydrogen) atoms. The summed E-state index contributed by atoms with van der Waals surface area (Å²) < 4.78 is 20.4. The van der Waals surface area contributed by atoms with Gasteiger partial charge in [0.1, 0.15) is 17.7 Å². The molecule has 4 heteroatoms. The van der Waals surface area contributed by atoms with Gasteiger partial charge in [0.15, 0.2) is 0 Å². The zero-order valence-corrected chi connectivity index (χ0v) is 15.2. The maximum absolute atomic E-state index is 14.3. The fourth-order valence-electron chi connectivity index (χ4n) is 3.91. The molecule has 1 heterocycles. The van der Waals surface area contributed by atoms with Crippen molar-refractivity contribution in [3.63, 3.8) is 0 Å². The van der Waals surface area contributed by atoms with E-state index in [4.69, 9.17) is 4.74 Å². The molecule has 3 nitrogen and oxygen atoms in total. The van der Waals surface area contributed by atoms with Crippen molar-refractivity contribution < 1.29 is 9.13 Å². The average molecular weight is 362 g/mol. The van der Waals surface area contributed by atoms with Crippen LogP contribution < -0.4 is 10.1 Å². The number of halogens is 1. The maximum atomic E-state index is 14.3. The van der Waals surface area contributed by atoms with Crippen molar-refractivity contribution in [3.05, 3.63) is 71.8 Å². The lowest BCUT2D eigenvalue weighted by atomic mass is 9.89. The molecule has 3 aromatic rings. The first kappa shape index (κ1) is 16.7. The Kier molecular flexibility index (Phi) is 4.29. The molecule has 0 atom stereocenters. The molecule has 2 aromatic carbocycles. The first-order chi connectivity index (χ1) is 13.3. The summed E-state index contributed by atoms with van der Waals surface area (Å²) in [5, 5.41) is 5.39. The van der Waals surface area contributed by atoms with Crippen LogP contribution >= 0.6 is 0 Å². The van der Waals surface area contributed by atoms with Gasteiger partial charge in [-0.25, -0.2) is 4.39 Å². The van der Waals surface area contributed by atoms with Gasteiger partial charge < -0.3 is 10.1 Å². The van der Waals surface area contributed by atoms with Crippen molar-refractivity contribution in [1.82, 2.24) is 10.3 Å². The molecule has 0 aliphatic heterocycles. The predicted octanol–water partition coefficient (Wildman–Crippen LogP) is 4.95. The van der Waals surface area contributed by atoms with Crippen LogP contribution in [0.15, 0.2) is 54.9 Å². The van der Waals surface area contributed by atoms with Gasteiger partial charge in [0.05, 0.1) is 0 Å². The molecule has 0 bridgehead atoms. The van der Waals surface area contributed by atoms with E-state index in [1.165, 1.54) is 24.5 Å². The highest BCUT2D eigenvalue weighted by Crippen LogP contribution is 2.41. The fourth-order valence-corrected chi connectivity index (χ4v) is 3.91. The highest BCUT2D eigenvalue weighted by molar-refractivity contribution is 5.84. The minimum Gasteiger partial charge on any atom is -0.490 e. The molecule has 0 saturated heterocycles. The summed E-state index contributed by atoms with van der Waals surface area (Å²) >= 11 is 0. The number of nitrogens with one attached hydrogen (secondary N) is 1. The molecule has 2 aliphatic carbocycles. The molecule has 1 N–H and O–H groups in total. The summed E-state index contributed by atoms with van der Waals surface area (Å²) in [6.45, 7) is 0.530. The van der Waals surface area contributed by atoms with Crippen molar-refractivity contribution in [2.24, 2.45) is 0 Å². The number of benzene rings is 2. The minimum atomic E-state index is -0.162. The number of ether oxygens (including phenoxy) is 1. The molecule has 0 spiro atoms. The monoisotopic (exact) mass is 362 g/mol. The van der Waals surface area contributed by atoms with Crippen LogP contribution in [0, 0.1) is 5.82 Å². The Morgan fingerprint density at radius 1 is 1.11 bits per heavy atom. The lowest BCUT2D eigenvalue weighted by Crippen LogP contribution is -2.46. The van der Waals surface area contributed by atoms with E-state index in [1.54, 1.807) is 18.5 Å². The zero-order chi connectivity index (χ0) is 18.2. The van der Waals surface area contributed by atoms with Crippen LogP contribution in [-0.2, 0) is 6.54 Å². The molecule has 5 rings (SSSR count). The summed E-state index contributed by atoms with van der Waals surface area (Å²) in [4.78, 5) is 4.12. The average Bonchev–Trinajstić information content (AvgIpc) is 3.50. The van der Waals surface area contributed by atoms with E-state index in [9.17, 15) is 4.39 Å². The van der Waals surface area contributed by atoms with Gasteiger partial charge in [-0.3, -0.25) is 4.98 Å². The number of hydrogen-bond donors (Lipinski definition) is 1. The van der Waals surface area contributed by atoms with Crippen molar-refractivity contribution in [3.8, 4) is 5.75 Å².